The van der Waals surface area contributed by atoms with Crippen molar-refractivity contribution in [3.05, 3.63) is 0 Å². The highest BCUT2D eigenvalue weighted by atomic mass is 79.9. The van der Waals surface area contributed by atoms with Crippen LogP contribution in [0.4, 0.5) is 4.79 Å². The fourth-order valence-electron chi connectivity index (χ4n) is 3.57. The van der Waals surface area contributed by atoms with Gasteiger partial charge in [0.1, 0.15) is 22.9 Å². The Morgan fingerprint density at radius 3 is 2.48 bits per heavy atom. The largest absolute Gasteiger partial charge is 0.444 e. The number of ether oxygens (including phenoxy) is 3. The molecule has 2 unspecified atom stereocenters. The molecule has 7 nitrogen and oxygen atoms in total. The molecule has 0 aromatic rings. The van der Waals surface area contributed by atoms with Gasteiger partial charge in [0.2, 0.25) is 5.91 Å². The molecule has 23 heavy (non-hydrogen) atoms. The summed E-state index contributed by atoms with van der Waals surface area (Å²) in [6, 6.07) is 0. The van der Waals surface area contributed by atoms with Gasteiger partial charge in [-0.2, -0.15) is 4.42 Å². The van der Waals surface area contributed by atoms with Crippen molar-refractivity contribution in [1.29, 1.82) is 0 Å². The number of aliphatic hydroxyl groups is 1. The maximum Gasteiger partial charge on any atom is 0.432 e. The second-order valence-electron chi connectivity index (χ2n) is 6.58. The third kappa shape index (κ3) is 2.33. The topological polar surface area (TPSA) is 91.9 Å². The van der Waals surface area contributed by atoms with Gasteiger partial charge in [0.15, 0.2) is 0 Å². The summed E-state index contributed by atoms with van der Waals surface area (Å²) in [5, 5.41) is 11.4. The third-order valence-corrected chi connectivity index (χ3v) is 6.96. The van der Waals surface area contributed by atoms with Crippen LogP contribution in [0.5, 0.6) is 0 Å². The summed E-state index contributed by atoms with van der Waals surface area (Å²) in [6.45, 7) is 5.29. The minimum atomic E-state index is -1.35. The van der Waals surface area contributed by atoms with Crippen LogP contribution in [0.1, 0.15) is 33.6 Å². The van der Waals surface area contributed by atoms with Gasteiger partial charge < -0.3 is 19.3 Å². The second-order valence-corrected chi connectivity index (χ2v) is 7.90. The number of imide groups is 1. The predicted molar refractivity (Wildman–Crippen MR) is 83.2 cm³/mol. The summed E-state index contributed by atoms with van der Waals surface area (Å²) in [5.74, 6) is -0.637. The molecular formula is C14H19BrClNO6. The maximum absolute atomic E-state index is 11.9. The number of carbonyl (C=O) groups excluding carboxylic acids is 2. The molecule has 6 atom stereocenters. The Kier molecular flexibility index (Phi) is 4.01. The van der Waals surface area contributed by atoms with E-state index in [1.54, 1.807) is 0 Å². The zero-order chi connectivity index (χ0) is 17.2. The third-order valence-electron chi connectivity index (χ3n) is 5.33. The van der Waals surface area contributed by atoms with Gasteiger partial charge in [0, 0.05) is 18.7 Å². The molecule has 0 bridgehead atoms. The van der Waals surface area contributed by atoms with Crippen molar-refractivity contribution in [3.63, 3.8) is 0 Å². The SMILES string of the molecule is CC(=O)N(Cl)C(=O)O[C@H]1CC[C@]2(CO2)[C@](O)(C2(C)OC2C)[C@H]1Br. The van der Waals surface area contributed by atoms with Crippen molar-refractivity contribution in [3.8, 4) is 0 Å². The van der Waals surface area contributed by atoms with E-state index in [0.29, 0.717) is 23.9 Å². The first-order chi connectivity index (χ1) is 10.6. The molecule has 0 radical (unpaired) electrons. The van der Waals surface area contributed by atoms with Crippen molar-refractivity contribution in [2.75, 3.05) is 6.61 Å². The molecule has 2 aliphatic heterocycles. The number of amides is 2. The molecular weight excluding hydrogens is 394 g/mol. The van der Waals surface area contributed by atoms with Gasteiger partial charge in [-0.15, -0.1) is 0 Å². The van der Waals surface area contributed by atoms with Crippen molar-refractivity contribution < 1.29 is 28.9 Å². The fourth-order valence-corrected chi connectivity index (χ4v) is 4.85. The molecule has 1 spiro atoms. The Morgan fingerprint density at radius 1 is 1.48 bits per heavy atom. The van der Waals surface area contributed by atoms with Crippen LogP contribution in [-0.2, 0) is 19.0 Å². The van der Waals surface area contributed by atoms with Gasteiger partial charge in [-0.3, -0.25) is 4.79 Å². The van der Waals surface area contributed by atoms with Gasteiger partial charge in [-0.05, 0) is 26.7 Å². The standard InChI is InChI=1S/C14H19BrClNO6/c1-7-12(3,23-7)14(20)10(15)9(4-5-13(14)6-21-13)22-11(19)17(16)8(2)18/h7,9-10,20H,4-6H2,1-3H3/t7?,9-,10-,12?,13-,14+/m0/s1. The number of nitrogens with zero attached hydrogens (tertiary/aromatic N) is 1. The van der Waals surface area contributed by atoms with Crippen LogP contribution in [0.2, 0.25) is 0 Å². The minimum Gasteiger partial charge on any atom is -0.444 e. The second kappa shape index (κ2) is 5.29. The van der Waals surface area contributed by atoms with E-state index in [0.717, 1.165) is 6.92 Å². The lowest BCUT2D eigenvalue weighted by Crippen LogP contribution is -2.68. The van der Waals surface area contributed by atoms with E-state index in [9.17, 15) is 14.7 Å². The van der Waals surface area contributed by atoms with Crippen LogP contribution < -0.4 is 0 Å². The number of epoxide rings is 2. The first kappa shape index (κ1) is 17.4. The molecule has 1 N–H and O–H groups in total. The number of alkyl halides is 1. The lowest BCUT2D eigenvalue weighted by Gasteiger charge is -2.48. The van der Waals surface area contributed by atoms with E-state index >= 15 is 0 Å². The Morgan fingerprint density at radius 2 is 2.04 bits per heavy atom. The molecule has 2 amide bonds. The molecule has 1 aliphatic carbocycles. The number of carbonyl (C=O) groups is 2. The minimum absolute atomic E-state index is 0.134. The van der Waals surface area contributed by atoms with Crippen LogP contribution in [0.25, 0.3) is 0 Å². The van der Waals surface area contributed by atoms with Gasteiger partial charge in [-0.25, -0.2) is 4.79 Å². The van der Waals surface area contributed by atoms with E-state index < -0.39 is 39.7 Å². The molecule has 2 heterocycles. The summed E-state index contributed by atoms with van der Waals surface area (Å²) < 4.78 is 16.9. The molecule has 0 aromatic carbocycles. The molecule has 3 aliphatic rings. The van der Waals surface area contributed by atoms with E-state index in [1.165, 1.54) is 0 Å². The van der Waals surface area contributed by atoms with Crippen LogP contribution in [0, 0.1) is 0 Å². The number of hydrogen-bond acceptors (Lipinski definition) is 6. The van der Waals surface area contributed by atoms with Gasteiger partial charge in [-0.1, -0.05) is 15.9 Å². The van der Waals surface area contributed by atoms with Gasteiger partial charge >= 0.3 is 6.09 Å². The van der Waals surface area contributed by atoms with Crippen LogP contribution in [0.3, 0.4) is 0 Å². The average molecular weight is 413 g/mol. The van der Waals surface area contributed by atoms with Crippen LogP contribution in [0.15, 0.2) is 0 Å². The lowest BCUT2D eigenvalue weighted by molar-refractivity contribution is -0.136. The van der Waals surface area contributed by atoms with Crippen molar-refractivity contribution >= 4 is 39.7 Å². The highest BCUT2D eigenvalue weighted by Crippen LogP contribution is 2.62. The Balaban J connectivity index is 1.81. The summed E-state index contributed by atoms with van der Waals surface area (Å²) in [5.41, 5.74) is -2.83. The van der Waals surface area contributed by atoms with Crippen molar-refractivity contribution in [1.82, 2.24) is 4.42 Å². The summed E-state index contributed by atoms with van der Waals surface area (Å²) in [6.07, 6.45) is -0.742. The van der Waals surface area contributed by atoms with E-state index in [4.69, 9.17) is 26.0 Å². The zero-order valence-corrected chi connectivity index (χ0v) is 15.4. The molecule has 3 fully saturated rings. The summed E-state index contributed by atoms with van der Waals surface area (Å²) in [4.78, 5) is 22.4. The number of halogens is 2. The maximum atomic E-state index is 11.9. The van der Waals surface area contributed by atoms with E-state index in [1.807, 2.05) is 13.8 Å². The molecule has 1 saturated carbocycles. The molecule has 3 rings (SSSR count). The molecule has 2 saturated heterocycles. The highest BCUT2D eigenvalue weighted by Gasteiger charge is 2.80. The normalized spacial score (nSPS) is 48.0. The highest BCUT2D eigenvalue weighted by molar-refractivity contribution is 9.09. The number of rotatable bonds is 2. The van der Waals surface area contributed by atoms with E-state index in [-0.39, 0.29) is 6.10 Å². The zero-order valence-electron chi connectivity index (χ0n) is 13.0. The summed E-state index contributed by atoms with van der Waals surface area (Å²) in [7, 11) is 0. The Labute approximate surface area is 147 Å². The quantitative estimate of drug-likeness (QED) is 0.422. The van der Waals surface area contributed by atoms with Crippen molar-refractivity contribution in [2.45, 2.75) is 67.5 Å². The molecule has 130 valence electrons. The van der Waals surface area contributed by atoms with E-state index in [2.05, 4.69) is 15.9 Å². The van der Waals surface area contributed by atoms with Crippen LogP contribution >= 0.6 is 27.7 Å². The summed E-state index contributed by atoms with van der Waals surface area (Å²) >= 11 is 9.06. The Hall–Kier alpha value is -0.410. The monoisotopic (exact) mass is 411 g/mol. The predicted octanol–water partition coefficient (Wildman–Crippen LogP) is 1.73. The van der Waals surface area contributed by atoms with Gasteiger partial charge in [0.25, 0.3) is 0 Å². The van der Waals surface area contributed by atoms with Crippen LogP contribution in [-0.4, -0.2) is 62.0 Å². The fraction of sp³-hybridized carbons (Fsp3) is 0.857. The van der Waals surface area contributed by atoms with Gasteiger partial charge in [0.05, 0.1) is 17.5 Å². The first-order valence-corrected chi connectivity index (χ1v) is 8.70. The molecule has 0 aromatic heterocycles. The number of hydrogen-bond donors (Lipinski definition) is 1. The lowest BCUT2D eigenvalue weighted by atomic mass is 9.66. The van der Waals surface area contributed by atoms with Crippen molar-refractivity contribution in [2.24, 2.45) is 0 Å². The Bertz CT molecular complexity index is 553. The average Bonchev–Trinajstić information content (AvgIpc) is 3.38. The smallest absolute Gasteiger partial charge is 0.432 e. The molecule has 9 heteroatoms. The first-order valence-electron chi connectivity index (χ1n) is 7.44.